The van der Waals surface area contributed by atoms with Gasteiger partial charge >= 0.3 is 0 Å². The maximum atomic E-state index is 5.83. The maximum absolute atomic E-state index is 5.83. The number of aromatic nitrogens is 2. The molecule has 2 N–H and O–H groups in total. The summed E-state index contributed by atoms with van der Waals surface area (Å²) in [5.74, 6) is 1.02. The number of ether oxygens (including phenoxy) is 1. The lowest BCUT2D eigenvalue weighted by Crippen LogP contribution is -2.47. The first-order valence-electron chi connectivity index (χ1n) is 9.36. The molecule has 136 valence electrons. The van der Waals surface area contributed by atoms with Crippen molar-refractivity contribution in [3.05, 3.63) is 52.5 Å². The normalized spacial score (nSPS) is 23.8. The number of hydrogen-bond donors (Lipinski definition) is 1. The average molecular weight is 350 g/mol. The van der Waals surface area contributed by atoms with Gasteiger partial charge in [0.25, 0.3) is 0 Å². The molecule has 0 radical (unpaired) electrons. The van der Waals surface area contributed by atoms with E-state index in [0.717, 1.165) is 37.4 Å². The largest absolute Gasteiger partial charge is 0.373 e. The van der Waals surface area contributed by atoms with Crippen LogP contribution in [0.25, 0.3) is 17.8 Å². The van der Waals surface area contributed by atoms with E-state index in [1.54, 1.807) is 0 Å². The molecule has 0 bridgehead atoms. The van der Waals surface area contributed by atoms with E-state index in [2.05, 4.69) is 65.1 Å². The van der Waals surface area contributed by atoms with Gasteiger partial charge in [0.2, 0.25) is 0 Å². The molecule has 26 heavy (non-hydrogen) atoms. The Kier molecular flexibility index (Phi) is 4.91. The number of benzene rings is 1. The van der Waals surface area contributed by atoms with E-state index in [1.807, 2.05) is 0 Å². The van der Waals surface area contributed by atoms with Crippen molar-refractivity contribution in [2.75, 3.05) is 31.1 Å². The van der Waals surface area contributed by atoms with Gasteiger partial charge in [-0.05, 0) is 38.0 Å². The van der Waals surface area contributed by atoms with Gasteiger partial charge in [-0.3, -0.25) is 0 Å². The lowest BCUT2D eigenvalue weighted by atomic mass is 10.2. The second-order valence-corrected chi connectivity index (χ2v) is 6.92. The zero-order chi connectivity index (χ0) is 17.9. The van der Waals surface area contributed by atoms with Gasteiger partial charge in [0.15, 0.2) is 5.82 Å². The number of morpholine rings is 1. The predicted octanol–water partition coefficient (Wildman–Crippen LogP) is 1.26. The van der Waals surface area contributed by atoms with Gasteiger partial charge in [-0.2, -0.15) is 0 Å². The average Bonchev–Trinajstić information content (AvgIpc) is 2.99. The van der Waals surface area contributed by atoms with Crippen LogP contribution in [0.1, 0.15) is 18.4 Å². The molecule has 5 nitrogen and oxygen atoms in total. The summed E-state index contributed by atoms with van der Waals surface area (Å²) in [6, 6.07) is 8.54. The highest BCUT2D eigenvalue weighted by Gasteiger charge is 2.23. The minimum atomic E-state index is 0.0667. The number of aryl methyl sites for hydroxylation is 1. The molecule has 2 aromatic rings. The van der Waals surface area contributed by atoms with Crippen molar-refractivity contribution >= 4 is 18.0 Å². The Labute approximate surface area is 154 Å². The number of nitrogens with two attached hydrogens (primary N) is 1. The monoisotopic (exact) mass is 350 g/mol. The third-order valence-electron chi connectivity index (χ3n) is 4.99. The molecule has 1 aliphatic carbocycles. The minimum absolute atomic E-state index is 0.0667. The molecule has 0 amide bonds. The molecule has 4 rings (SSSR count). The molecule has 1 aliphatic heterocycles. The molecule has 1 fully saturated rings. The Hall–Kier alpha value is -2.37. The van der Waals surface area contributed by atoms with Gasteiger partial charge in [-0.1, -0.05) is 35.9 Å². The summed E-state index contributed by atoms with van der Waals surface area (Å²) in [6.07, 6.45) is 11.0. The molecule has 0 spiro atoms. The van der Waals surface area contributed by atoms with Crippen LogP contribution in [0, 0.1) is 6.92 Å². The molecule has 5 heteroatoms. The summed E-state index contributed by atoms with van der Waals surface area (Å²) in [5, 5.41) is 7.37. The van der Waals surface area contributed by atoms with E-state index in [1.165, 1.54) is 16.1 Å². The van der Waals surface area contributed by atoms with Crippen molar-refractivity contribution in [3.63, 3.8) is 0 Å². The molecule has 1 unspecified atom stereocenters. The van der Waals surface area contributed by atoms with Gasteiger partial charge in [-0.15, -0.1) is 5.10 Å². The first-order chi connectivity index (χ1) is 12.8. The molecule has 0 saturated carbocycles. The number of allylic oxidation sites excluding steroid dienone is 2. The molecule has 2 heterocycles. The lowest BCUT2D eigenvalue weighted by Gasteiger charge is -2.32. The first-order valence-corrected chi connectivity index (χ1v) is 9.36. The van der Waals surface area contributed by atoms with Crippen LogP contribution in [0.3, 0.4) is 0 Å². The highest BCUT2D eigenvalue weighted by molar-refractivity contribution is 5.54. The molecule has 1 atom stereocenters. The van der Waals surface area contributed by atoms with Crippen LogP contribution in [-0.4, -0.2) is 42.1 Å². The Morgan fingerprint density at radius 2 is 2.08 bits per heavy atom. The van der Waals surface area contributed by atoms with Gasteiger partial charge < -0.3 is 15.4 Å². The van der Waals surface area contributed by atoms with E-state index in [4.69, 9.17) is 15.6 Å². The van der Waals surface area contributed by atoms with Crippen LogP contribution in [0.4, 0.5) is 5.82 Å². The Morgan fingerprint density at radius 1 is 1.23 bits per heavy atom. The standard InChI is InChI=1S/C21H26N4O/c1-16-8-10-17(11-9-16)25-20-7-5-3-2-4-6-19(20)21(23-25)24-12-13-26-18(14-22)15-24/h2,4,6-11,18H,3,5,12-15,22H2,1H3/b4-2-,19-6+,20-7+. The Balaban J connectivity index is 1.86. The molecule has 1 saturated heterocycles. The van der Waals surface area contributed by atoms with Crippen LogP contribution < -0.4 is 21.2 Å². The number of hydrogen-bond acceptors (Lipinski definition) is 4. The maximum Gasteiger partial charge on any atom is 0.159 e. The first kappa shape index (κ1) is 17.1. The minimum Gasteiger partial charge on any atom is -0.373 e. The van der Waals surface area contributed by atoms with Crippen molar-refractivity contribution in [1.29, 1.82) is 0 Å². The molecular weight excluding hydrogens is 324 g/mol. The number of fused-ring (bicyclic) bond motifs is 1. The van der Waals surface area contributed by atoms with Crippen molar-refractivity contribution in [3.8, 4) is 5.69 Å². The SMILES string of the molecule is Cc1ccc(-n2nc(N3CCOC(CN)C3)c3/c2=C\CC/C=C\C=3)cc1. The van der Waals surface area contributed by atoms with Crippen LogP contribution in [0.15, 0.2) is 36.4 Å². The zero-order valence-corrected chi connectivity index (χ0v) is 15.3. The van der Waals surface area contributed by atoms with Gasteiger partial charge in [0, 0.05) is 24.9 Å². The van der Waals surface area contributed by atoms with E-state index in [0.29, 0.717) is 13.2 Å². The second kappa shape index (κ2) is 7.48. The van der Waals surface area contributed by atoms with Crippen molar-refractivity contribution in [2.45, 2.75) is 25.9 Å². The van der Waals surface area contributed by atoms with E-state index < -0.39 is 0 Å². The number of anilines is 1. The molecular formula is C21H26N4O. The second-order valence-electron chi connectivity index (χ2n) is 6.92. The van der Waals surface area contributed by atoms with E-state index >= 15 is 0 Å². The quantitative estimate of drug-likeness (QED) is 0.905. The third-order valence-corrected chi connectivity index (χ3v) is 4.99. The smallest absolute Gasteiger partial charge is 0.159 e. The summed E-state index contributed by atoms with van der Waals surface area (Å²) in [6.45, 7) is 4.95. The van der Waals surface area contributed by atoms with Crippen molar-refractivity contribution < 1.29 is 4.74 Å². The van der Waals surface area contributed by atoms with Gasteiger partial charge in [-0.25, -0.2) is 4.68 Å². The predicted molar refractivity (Wildman–Crippen MR) is 106 cm³/mol. The lowest BCUT2D eigenvalue weighted by molar-refractivity contribution is 0.0462. The van der Waals surface area contributed by atoms with Crippen LogP contribution >= 0.6 is 0 Å². The van der Waals surface area contributed by atoms with Gasteiger partial charge in [0.05, 0.1) is 23.7 Å². The zero-order valence-electron chi connectivity index (χ0n) is 15.3. The summed E-state index contributed by atoms with van der Waals surface area (Å²) in [4.78, 5) is 2.31. The summed E-state index contributed by atoms with van der Waals surface area (Å²) in [7, 11) is 0. The highest BCUT2D eigenvalue weighted by Crippen LogP contribution is 2.13. The summed E-state index contributed by atoms with van der Waals surface area (Å²) >= 11 is 0. The molecule has 1 aromatic carbocycles. The highest BCUT2D eigenvalue weighted by atomic mass is 16.5. The Bertz CT molecular complexity index is 911. The molecule has 1 aromatic heterocycles. The summed E-state index contributed by atoms with van der Waals surface area (Å²) in [5.41, 5.74) is 8.18. The van der Waals surface area contributed by atoms with Crippen LogP contribution in [0.5, 0.6) is 0 Å². The van der Waals surface area contributed by atoms with Crippen molar-refractivity contribution in [1.82, 2.24) is 9.78 Å². The van der Waals surface area contributed by atoms with E-state index in [-0.39, 0.29) is 6.10 Å². The van der Waals surface area contributed by atoms with Crippen LogP contribution in [0.2, 0.25) is 0 Å². The molecule has 2 aliphatic rings. The fourth-order valence-electron chi connectivity index (χ4n) is 3.53. The fourth-order valence-corrected chi connectivity index (χ4v) is 3.53. The van der Waals surface area contributed by atoms with Crippen molar-refractivity contribution in [2.24, 2.45) is 5.73 Å². The number of nitrogens with zero attached hydrogens (tertiary/aromatic N) is 3. The number of rotatable bonds is 3. The fraction of sp³-hybridized carbons (Fsp3) is 0.381. The van der Waals surface area contributed by atoms with Gasteiger partial charge in [0.1, 0.15) is 0 Å². The van der Waals surface area contributed by atoms with Crippen LogP contribution in [-0.2, 0) is 4.74 Å². The third kappa shape index (κ3) is 3.32. The van der Waals surface area contributed by atoms with E-state index in [9.17, 15) is 0 Å². The summed E-state index contributed by atoms with van der Waals surface area (Å²) < 4.78 is 7.82. The Morgan fingerprint density at radius 3 is 2.88 bits per heavy atom. The topological polar surface area (TPSA) is 56.3 Å².